The summed E-state index contributed by atoms with van der Waals surface area (Å²) in [5.74, 6) is 0.144. The number of amidine groups is 1. The van der Waals surface area contributed by atoms with Gasteiger partial charge in [0.25, 0.3) is 15.9 Å². The Morgan fingerprint density at radius 2 is 1.96 bits per heavy atom. The van der Waals surface area contributed by atoms with Crippen LogP contribution in [0.5, 0.6) is 0 Å². The third kappa shape index (κ3) is 3.83. The van der Waals surface area contributed by atoms with E-state index in [1.165, 1.54) is 24.0 Å². The Morgan fingerprint density at radius 1 is 1.19 bits per heavy atom. The van der Waals surface area contributed by atoms with E-state index >= 15 is 0 Å². The molecule has 2 heterocycles. The summed E-state index contributed by atoms with van der Waals surface area (Å²) in [5.41, 5.74) is 4.43. The first-order valence-corrected chi connectivity index (χ1v) is 10.9. The maximum atomic E-state index is 12.7. The zero-order valence-corrected chi connectivity index (χ0v) is 16.1. The number of nitrogens with zero attached hydrogens (tertiary/aromatic N) is 2. The van der Waals surface area contributed by atoms with Gasteiger partial charge in [0.05, 0.1) is 17.4 Å². The van der Waals surface area contributed by atoms with E-state index in [1.807, 2.05) is 6.92 Å². The Kier molecular flexibility index (Phi) is 4.63. The fourth-order valence-corrected chi connectivity index (χ4v) is 4.69. The Morgan fingerprint density at radius 3 is 2.78 bits per heavy atom. The Balaban J connectivity index is 1.47. The van der Waals surface area contributed by atoms with Crippen LogP contribution in [0.4, 0.5) is 0 Å². The van der Waals surface area contributed by atoms with E-state index < -0.39 is 10.0 Å². The van der Waals surface area contributed by atoms with E-state index in [0.717, 1.165) is 18.4 Å². The Hall–Kier alpha value is -2.41. The highest BCUT2D eigenvalue weighted by atomic mass is 32.2. The molecule has 1 N–H and O–H groups in total. The second-order valence-electron chi connectivity index (χ2n) is 7.28. The second kappa shape index (κ2) is 6.96. The van der Waals surface area contributed by atoms with Crippen molar-refractivity contribution in [3.8, 4) is 0 Å². The van der Waals surface area contributed by atoms with E-state index in [-0.39, 0.29) is 17.7 Å². The van der Waals surface area contributed by atoms with Crippen LogP contribution in [0.15, 0.2) is 46.5 Å². The molecule has 0 fully saturated rings. The van der Waals surface area contributed by atoms with Crippen molar-refractivity contribution in [3.63, 3.8) is 0 Å². The van der Waals surface area contributed by atoms with Gasteiger partial charge in [-0.1, -0.05) is 18.2 Å². The fraction of sp³-hybridized carbons (Fsp3) is 0.400. The van der Waals surface area contributed by atoms with Crippen LogP contribution in [-0.2, 0) is 27.7 Å². The third-order valence-electron chi connectivity index (χ3n) is 5.31. The molecule has 1 atom stereocenters. The number of sulfonamides is 1. The van der Waals surface area contributed by atoms with Gasteiger partial charge in [-0.3, -0.25) is 4.79 Å². The van der Waals surface area contributed by atoms with Crippen LogP contribution in [0.1, 0.15) is 42.5 Å². The molecule has 4 rings (SSSR count). The minimum Gasteiger partial charge on any atom is -0.345 e. The van der Waals surface area contributed by atoms with Crippen molar-refractivity contribution in [2.75, 3.05) is 12.3 Å². The molecule has 0 radical (unpaired) electrons. The van der Waals surface area contributed by atoms with Gasteiger partial charge in [-0.2, -0.15) is 0 Å². The average Bonchev–Trinajstić information content (AvgIpc) is 2.66. The standard InChI is InChI=1S/C20H23N3O3S/c1-14(16-7-6-15-4-2-3-5-17(15)12-16)21-20(24)18-8-9-19-22-27(25,26)11-10-23(19)13-18/h6-9,12-14H,2-5,10-11H2,1H3,(H,21,24). The minimum atomic E-state index is -3.39. The van der Waals surface area contributed by atoms with Crippen LogP contribution in [0.3, 0.4) is 0 Å². The largest absolute Gasteiger partial charge is 0.345 e. The molecule has 0 bridgehead atoms. The molecule has 0 saturated heterocycles. The number of aryl methyl sites for hydroxylation is 2. The second-order valence-corrected chi connectivity index (χ2v) is 9.03. The molecule has 3 aliphatic rings. The van der Waals surface area contributed by atoms with E-state index in [1.54, 1.807) is 23.3 Å². The zero-order chi connectivity index (χ0) is 19.0. The van der Waals surface area contributed by atoms with Crippen molar-refractivity contribution in [1.82, 2.24) is 10.2 Å². The number of benzene rings is 1. The summed E-state index contributed by atoms with van der Waals surface area (Å²) in [5, 5.41) is 3.04. The summed E-state index contributed by atoms with van der Waals surface area (Å²) >= 11 is 0. The van der Waals surface area contributed by atoms with E-state index in [4.69, 9.17) is 0 Å². The number of fused-ring (bicyclic) bond motifs is 2. The highest BCUT2D eigenvalue weighted by Gasteiger charge is 2.25. The number of hydrogen-bond acceptors (Lipinski definition) is 4. The number of amides is 1. The molecular formula is C20H23N3O3S. The average molecular weight is 385 g/mol. The smallest absolute Gasteiger partial charge is 0.256 e. The summed E-state index contributed by atoms with van der Waals surface area (Å²) in [6.45, 7) is 2.29. The summed E-state index contributed by atoms with van der Waals surface area (Å²) in [6.07, 6.45) is 9.59. The molecule has 27 heavy (non-hydrogen) atoms. The molecule has 1 unspecified atom stereocenters. The maximum Gasteiger partial charge on any atom is 0.256 e. The molecular weight excluding hydrogens is 362 g/mol. The predicted octanol–water partition coefficient (Wildman–Crippen LogP) is 2.24. The van der Waals surface area contributed by atoms with Gasteiger partial charge in [-0.25, -0.2) is 8.42 Å². The molecule has 2 aliphatic heterocycles. The zero-order valence-electron chi connectivity index (χ0n) is 15.3. The van der Waals surface area contributed by atoms with Gasteiger partial charge in [0, 0.05) is 12.7 Å². The van der Waals surface area contributed by atoms with Gasteiger partial charge >= 0.3 is 0 Å². The van der Waals surface area contributed by atoms with Crippen molar-refractivity contribution in [3.05, 3.63) is 58.8 Å². The number of carbonyl (C=O) groups excluding carboxylic acids is 1. The van der Waals surface area contributed by atoms with Crippen LogP contribution >= 0.6 is 0 Å². The van der Waals surface area contributed by atoms with Crippen molar-refractivity contribution >= 4 is 21.8 Å². The van der Waals surface area contributed by atoms with E-state index in [2.05, 4.69) is 27.9 Å². The van der Waals surface area contributed by atoms with E-state index in [9.17, 15) is 13.2 Å². The number of carbonyl (C=O) groups is 1. The number of rotatable bonds is 3. The lowest BCUT2D eigenvalue weighted by molar-refractivity contribution is -0.117. The van der Waals surface area contributed by atoms with Crippen LogP contribution in [0.25, 0.3) is 0 Å². The lowest BCUT2D eigenvalue weighted by atomic mass is 9.89. The van der Waals surface area contributed by atoms with Crippen LogP contribution < -0.4 is 5.32 Å². The van der Waals surface area contributed by atoms with Gasteiger partial charge in [0.15, 0.2) is 0 Å². The molecule has 142 valence electrons. The lowest BCUT2D eigenvalue weighted by Gasteiger charge is -2.27. The number of hydrogen-bond donors (Lipinski definition) is 1. The number of nitrogens with one attached hydrogen (secondary N) is 1. The molecule has 0 spiro atoms. The fourth-order valence-electron chi connectivity index (χ4n) is 3.72. The van der Waals surface area contributed by atoms with Gasteiger partial charge in [-0.05, 0) is 61.4 Å². The van der Waals surface area contributed by atoms with Gasteiger partial charge in [-0.15, -0.1) is 4.40 Å². The molecule has 7 heteroatoms. The van der Waals surface area contributed by atoms with Crippen LogP contribution in [0, 0.1) is 0 Å². The maximum absolute atomic E-state index is 12.7. The van der Waals surface area contributed by atoms with Gasteiger partial charge in [0.2, 0.25) is 0 Å². The molecule has 6 nitrogen and oxygen atoms in total. The lowest BCUT2D eigenvalue weighted by Crippen LogP contribution is -2.38. The first kappa shape index (κ1) is 18.0. The Bertz CT molecular complexity index is 976. The first-order chi connectivity index (χ1) is 12.9. The van der Waals surface area contributed by atoms with E-state index in [0.29, 0.717) is 18.0 Å². The molecule has 1 amide bonds. The Labute approximate surface area is 159 Å². The highest BCUT2D eigenvalue weighted by Crippen LogP contribution is 2.25. The van der Waals surface area contributed by atoms with Crippen molar-refractivity contribution in [2.45, 2.75) is 38.6 Å². The van der Waals surface area contributed by atoms with Gasteiger partial charge in [0.1, 0.15) is 5.84 Å². The van der Waals surface area contributed by atoms with Gasteiger partial charge < -0.3 is 10.2 Å². The topological polar surface area (TPSA) is 78.8 Å². The normalized spacial score (nSPS) is 21.4. The molecule has 0 aromatic heterocycles. The third-order valence-corrected chi connectivity index (χ3v) is 6.47. The minimum absolute atomic E-state index is 0.0404. The molecule has 1 aromatic rings. The van der Waals surface area contributed by atoms with Crippen molar-refractivity contribution in [2.24, 2.45) is 4.40 Å². The first-order valence-electron chi connectivity index (χ1n) is 9.33. The summed E-state index contributed by atoms with van der Waals surface area (Å²) < 4.78 is 26.9. The highest BCUT2D eigenvalue weighted by molar-refractivity contribution is 7.90. The molecule has 0 saturated carbocycles. The quantitative estimate of drug-likeness (QED) is 0.865. The monoisotopic (exact) mass is 385 g/mol. The van der Waals surface area contributed by atoms with Crippen molar-refractivity contribution < 1.29 is 13.2 Å². The molecule has 1 aromatic carbocycles. The SMILES string of the molecule is CC(NC(=O)C1=CN2CCS(=O)(=O)N=C2C=C1)c1ccc2c(c1)CCCC2. The molecule has 1 aliphatic carbocycles. The summed E-state index contributed by atoms with van der Waals surface area (Å²) in [4.78, 5) is 14.4. The predicted molar refractivity (Wildman–Crippen MR) is 105 cm³/mol. The van der Waals surface area contributed by atoms with Crippen LogP contribution in [0.2, 0.25) is 0 Å². The van der Waals surface area contributed by atoms with Crippen molar-refractivity contribution in [1.29, 1.82) is 0 Å². The van der Waals surface area contributed by atoms with Crippen LogP contribution in [-0.4, -0.2) is 37.4 Å². The summed E-state index contributed by atoms with van der Waals surface area (Å²) in [6, 6.07) is 6.39. The summed E-state index contributed by atoms with van der Waals surface area (Å²) in [7, 11) is -3.39.